The number of rotatable bonds is 7. The first-order valence-corrected chi connectivity index (χ1v) is 16.9. The van der Waals surface area contributed by atoms with Gasteiger partial charge in [-0.15, -0.1) is 0 Å². The predicted molar refractivity (Wildman–Crippen MR) is 193 cm³/mol. The lowest BCUT2D eigenvalue weighted by Crippen LogP contribution is -2.30. The second-order valence-electron chi connectivity index (χ2n) is 13.2. The molecule has 6 rings (SSSR count). The summed E-state index contributed by atoms with van der Waals surface area (Å²) in [6, 6.07) is 12.9. The van der Waals surface area contributed by atoms with Gasteiger partial charge in [0.15, 0.2) is 28.8 Å². The third-order valence-corrected chi connectivity index (χ3v) is 8.69. The van der Waals surface area contributed by atoms with Gasteiger partial charge in [0.05, 0.1) is 35.6 Å². The zero-order valence-corrected chi connectivity index (χ0v) is 30.6. The number of nitrogens with zero attached hydrogens (tertiary/aromatic N) is 3. The number of carbonyl (C=O) groups is 4. The smallest absolute Gasteiger partial charge is 0.356 e. The van der Waals surface area contributed by atoms with E-state index in [2.05, 4.69) is 20.7 Å². The average Bonchev–Trinajstić information content (AvgIpc) is 3.75. The Hall–Kier alpha value is -5.80. The highest BCUT2D eigenvalue weighted by Crippen LogP contribution is 2.35. The number of esters is 2. The standard InChI is InChI=1S/C31H30ClN5O6.C7H6F3N/c1-16-17-12-13-22(19(17)11-10-18(16)29(40)43-31(2,3)4)35-28(39)25-14-24(30(41)42-5)34-26-20(15-33-37(25)26)27(38)36-23-9-7-6-8-21(23)32;8-5-1-4(3-11)2-6(9)7(5)10/h6-11,14-15,22H,12-13H2,1-5H3,(H,35,39)(H,36,38);1-2H,3,11H2/t22-;/m0./s1. The van der Waals surface area contributed by atoms with Crippen molar-refractivity contribution >= 4 is 46.7 Å². The molecule has 16 heteroatoms. The number of nitrogens with one attached hydrogen (secondary N) is 2. The maximum atomic E-state index is 13.7. The molecule has 0 bridgehead atoms. The molecule has 0 fully saturated rings. The Kier molecular flexibility index (Phi) is 11.7. The summed E-state index contributed by atoms with van der Waals surface area (Å²) in [6.07, 6.45) is 2.51. The van der Waals surface area contributed by atoms with Crippen LogP contribution in [0.4, 0.5) is 18.9 Å². The Morgan fingerprint density at radius 1 is 0.981 bits per heavy atom. The molecular formula is C38H36ClF3N6O6. The quantitative estimate of drug-likeness (QED) is 0.121. The molecule has 2 heterocycles. The molecule has 2 amide bonds. The molecule has 4 N–H and O–H groups in total. The summed E-state index contributed by atoms with van der Waals surface area (Å²) < 4.78 is 48.6. The second-order valence-corrected chi connectivity index (χ2v) is 13.6. The van der Waals surface area contributed by atoms with Crippen LogP contribution in [0.2, 0.25) is 5.02 Å². The highest BCUT2D eigenvalue weighted by Gasteiger charge is 2.31. The SMILES string of the molecule is COC(=O)c1cc(C(=O)N[C@H]2CCc3c2ccc(C(=O)OC(C)(C)C)c3C)n2ncc(C(=O)Nc3ccccc3Cl)c2n1.NCc1cc(F)c(F)c(F)c1. The number of halogens is 4. The van der Waals surface area contributed by atoms with Gasteiger partial charge < -0.3 is 25.8 Å². The topological polar surface area (TPSA) is 167 Å². The molecule has 12 nitrogen and oxygen atoms in total. The summed E-state index contributed by atoms with van der Waals surface area (Å²) in [4.78, 5) is 56.3. The number of ether oxygens (including phenoxy) is 2. The summed E-state index contributed by atoms with van der Waals surface area (Å²) >= 11 is 6.19. The molecular weight excluding hydrogens is 729 g/mol. The van der Waals surface area contributed by atoms with Crippen molar-refractivity contribution in [1.29, 1.82) is 0 Å². The van der Waals surface area contributed by atoms with E-state index in [4.69, 9.17) is 26.8 Å². The van der Waals surface area contributed by atoms with Crippen molar-refractivity contribution in [2.45, 2.75) is 58.7 Å². The van der Waals surface area contributed by atoms with Gasteiger partial charge in [-0.05, 0) is 93.1 Å². The van der Waals surface area contributed by atoms with E-state index in [1.807, 2.05) is 33.8 Å². The number of nitrogens with two attached hydrogens (primary N) is 1. The molecule has 54 heavy (non-hydrogen) atoms. The van der Waals surface area contributed by atoms with Crippen LogP contribution in [0.25, 0.3) is 5.65 Å². The molecule has 0 aliphatic heterocycles. The van der Waals surface area contributed by atoms with E-state index >= 15 is 0 Å². The van der Waals surface area contributed by atoms with Crippen molar-refractivity contribution in [2.75, 3.05) is 12.4 Å². The minimum absolute atomic E-state index is 0.00583. The van der Waals surface area contributed by atoms with Crippen molar-refractivity contribution in [3.63, 3.8) is 0 Å². The normalized spacial score (nSPS) is 13.4. The molecule has 1 atom stereocenters. The minimum atomic E-state index is -1.46. The molecule has 0 saturated heterocycles. The zero-order chi connectivity index (χ0) is 39.5. The molecule has 3 aromatic carbocycles. The zero-order valence-electron chi connectivity index (χ0n) is 29.9. The number of hydrogen-bond donors (Lipinski definition) is 3. The highest BCUT2D eigenvalue weighted by atomic mass is 35.5. The van der Waals surface area contributed by atoms with E-state index in [1.54, 1.807) is 30.3 Å². The molecule has 282 valence electrons. The lowest BCUT2D eigenvalue weighted by atomic mass is 9.97. The maximum absolute atomic E-state index is 13.7. The summed E-state index contributed by atoms with van der Waals surface area (Å²) in [6.45, 7) is 7.31. The van der Waals surface area contributed by atoms with Crippen molar-refractivity contribution in [3.8, 4) is 0 Å². The van der Waals surface area contributed by atoms with Crippen LogP contribution in [0, 0.1) is 24.4 Å². The number of hydrogen-bond acceptors (Lipinski definition) is 9. The van der Waals surface area contributed by atoms with Crippen LogP contribution in [0.5, 0.6) is 0 Å². The van der Waals surface area contributed by atoms with Gasteiger partial charge in [0.2, 0.25) is 0 Å². The van der Waals surface area contributed by atoms with Crippen LogP contribution >= 0.6 is 11.6 Å². The predicted octanol–water partition coefficient (Wildman–Crippen LogP) is 6.67. The Balaban J connectivity index is 0.000000438. The highest BCUT2D eigenvalue weighted by molar-refractivity contribution is 6.34. The fourth-order valence-electron chi connectivity index (χ4n) is 5.79. The maximum Gasteiger partial charge on any atom is 0.356 e. The number of methoxy groups -OCH3 is 1. The number of amides is 2. The van der Waals surface area contributed by atoms with Crippen molar-refractivity contribution in [3.05, 3.63) is 128 Å². The molecule has 1 aliphatic rings. The van der Waals surface area contributed by atoms with Crippen molar-refractivity contribution in [2.24, 2.45) is 5.73 Å². The van der Waals surface area contributed by atoms with Gasteiger partial charge in [-0.3, -0.25) is 9.59 Å². The first-order chi connectivity index (χ1) is 25.5. The third kappa shape index (κ3) is 8.53. The number of aromatic nitrogens is 3. The van der Waals surface area contributed by atoms with E-state index in [1.165, 1.54) is 23.9 Å². The Labute approximate surface area is 312 Å². The van der Waals surface area contributed by atoms with Gasteiger partial charge >= 0.3 is 11.9 Å². The van der Waals surface area contributed by atoms with Crippen LogP contribution in [-0.2, 0) is 22.4 Å². The first-order valence-electron chi connectivity index (χ1n) is 16.6. The van der Waals surface area contributed by atoms with Gasteiger partial charge in [0.1, 0.15) is 16.9 Å². The summed E-state index contributed by atoms with van der Waals surface area (Å²) in [5, 5.41) is 10.3. The Morgan fingerprint density at radius 3 is 2.30 bits per heavy atom. The van der Waals surface area contributed by atoms with Gasteiger partial charge in [0, 0.05) is 12.6 Å². The molecule has 5 aromatic rings. The molecule has 0 unspecified atom stereocenters. The summed E-state index contributed by atoms with van der Waals surface area (Å²) in [5.41, 5.74) is 8.05. The van der Waals surface area contributed by atoms with E-state index in [9.17, 15) is 32.3 Å². The van der Waals surface area contributed by atoms with E-state index < -0.39 is 46.8 Å². The molecule has 0 spiro atoms. The Morgan fingerprint density at radius 2 is 1.67 bits per heavy atom. The number of para-hydroxylation sites is 1. The van der Waals surface area contributed by atoms with Gasteiger partial charge in [-0.1, -0.05) is 29.8 Å². The van der Waals surface area contributed by atoms with Crippen molar-refractivity contribution in [1.82, 2.24) is 19.9 Å². The minimum Gasteiger partial charge on any atom is -0.464 e. The Bertz CT molecular complexity index is 2270. The van der Waals surface area contributed by atoms with Crippen LogP contribution in [0.3, 0.4) is 0 Å². The fourth-order valence-corrected chi connectivity index (χ4v) is 5.97. The lowest BCUT2D eigenvalue weighted by Gasteiger charge is -2.21. The van der Waals surface area contributed by atoms with Crippen molar-refractivity contribution < 1.29 is 41.8 Å². The largest absolute Gasteiger partial charge is 0.464 e. The fraction of sp³-hybridized carbons (Fsp3) is 0.263. The number of benzene rings is 3. The van der Waals surface area contributed by atoms with Crippen LogP contribution in [0.1, 0.15) is 97.2 Å². The van der Waals surface area contributed by atoms with Crippen LogP contribution < -0.4 is 16.4 Å². The summed E-state index contributed by atoms with van der Waals surface area (Å²) in [5.74, 6) is -6.16. The monoisotopic (exact) mass is 764 g/mol. The van der Waals surface area contributed by atoms with E-state index in [0.717, 1.165) is 28.8 Å². The first kappa shape index (κ1) is 39.4. The van der Waals surface area contributed by atoms with Gasteiger partial charge in [-0.25, -0.2) is 32.3 Å². The number of carbonyl (C=O) groups excluding carboxylic acids is 4. The third-order valence-electron chi connectivity index (χ3n) is 8.36. The summed E-state index contributed by atoms with van der Waals surface area (Å²) in [7, 11) is 1.19. The van der Waals surface area contributed by atoms with Gasteiger partial charge in [-0.2, -0.15) is 5.10 Å². The average molecular weight is 765 g/mol. The number of fused-ring (bicyclic) bond motifs is 2. The lowest BCUT2D eigenvalue weighted by molar-refractivity contribution is 0.00681. The molecule has 0 saturated carbocycles. The van der Waals surface area contributed by atoms with E-state index in [0.29, 0.717) is 29.1 Å². The number of anilines is 1. The molecule has 1 aliphatic carbocycles. The second kappa shape index (κ2) is 16.1. The molecule has 0 radical (unpaired) electrons. The molecule has 2 aromatic heterocycles. The van der Waals surface area contributed by atoms with Crippen LogP contribution in [0.15, 0.2) is 60.8 Å². The van der Waals surface area contributed by atoms with E-state index in [-0.39, 0.29) is 40.7 Å². The van der Waals surface area contributed by atoms with Crippen LogP contribution in [-0.4, -0.2) is 51.1 Å². The van der Waals surface area contributed by atoms with Gasteiger partial charge in [0.25, 0.3) is 11.8 Å².